The number of benzene rings is 1. The third kappa shape index (κ3) is 3.00. The fourth-order valence-corrected chi connectivity index (χ4v) is 1.54. The Hall–Kier alpha value is -2.59. The second-order valence-electron chi connectivity index (χ2n) is 3.39. The molecule has 1 heterocycles. The van der Waals surface area contributed by atoms with Gasteiger partial charge in [0.25, 0.3) is 0 Å². The molecule has 19 heavy (non-hydrogen) atoms. The number of nitrogens with zero attached hydrogens (tertiary/aromatic N) is 4. The molecule has 0 saturated carbocycles. The molecule has 0 saturated heterocycles. The minimum atomic E-state index is 0.205. The van der Waals surface area contributed by atoms with Gasteiger partial charge in [0.15, 0.2) is 0 Å². The Bertz CT molecular complexity index is 631. The minimum absolute atomic E-state index is 0.205. The van der Waals surface area contributed by atoms with Crippen LogP contribution < -0.4 is 10.1 Å². The number of hydrogen-bond donors (Lipinski definition) is 2. The monoisotopic (exact) mass is 276 g/mol. The molecule has 0 aliphatic carbocycles. The maximum absolute atomic E-state index is 9.02. The highest BCUT2D eigenvalue weighted by molar-refractivity contribution is 6.30. The van der Waals surface area contributed by atoms with Crippen LogP contribution in [0.1, 0.15) is 5.82 Å². The summed E-state index contributed by atoms with van der Waals surface area (Å²) in [6.45, 7) is 0. The predicted octanol–water partition coefficient (Wildman–Crippen LogP) is 1.84. The van der Waals surface area contributed by atoms with Crippen LogP contribution >= 0.6 is 11.6 Å². The van der Waals surface area contributed by atoms with E-state index in [4.69, 9.17) is 21.6 Å². The molecule has 0 bridgehead atoms. The minimum Gasteiger partial charge on any atom is -0.495 e. The Morgan fingerprint density at radius 1 is 1.58 bits per heavy atom. The Morgan fingerprint density at radius 3 is 3.05 bits per heavy atom. The molecule has 7 nitrogen and oxygen atoms in total. The first-order chi connectivity index (χ1) is 9.24. The van der Waals surface area contributed by atoms with E-state index in [-0.39, 0.29) is 11.4 Å². The summed E-state index contributed by atoms with van der Waals surface area (Å²) < 4.78 is 5.17. The molecule has 0 fully saturated rings. The summed E-state index contributed by atoms with van der Waals surface area (Å²) >= 11 is 5.90. The number of ether oxygens (including phenoxy) is 1. The maximum Gasteiger partial charge on any atom is 0.216 e. The van der Waals surface area contributed by atoms with Gasteiger partial charge in [-0.2, -0.15) is 10.5 Å². The second kappa shape index (κ2) is 5.84. The van der Waals surface area contributed by atoms with E-state index < -0.39 is 0 Å². The van der Waals surface area contributed by atoms with E-state index in [1.54, 1.807) is 25.3 Å². The van der Waals surface area contributed by atoms with E-state index in [0.717, 1.165) is 0 Å². The first kappa shape index (κ1) is 12.9. The summed E-state index contributed by atoms with van der Waals surface area (Å²) in [6.07, 6.45) is 1.46. The summed E-state index contributed by atoms with van der Waals surface area (Å²) in [6, 6.07) is 7.08. The van der Waals surface area contributed by atoms with Crippen molar-refractivity contribution < 1.29 is 4.74 Å². The summed E-state index contributed by atoms with van der Waals surface area (Å²) in [4.78, 5) is 0. The molecule has 96 valence electrons. The highest BCUT2D eigenvalue weighted by atomic mass is 35.5. The lowest BCUT2D eigenvalue weighted by Gasteiger charge is -2.08. The maximum atomic E-state index is 9.02. The van der Waals surface area contributed by atoms with Crippen LogP contribution in [0.25, 0.3) is 5.57 Å². The second-order valence-corrected chi connectivity index (χ2v) is 3.83. The summed E-state index contributed by atoms with van der Waals surface area (Å²) in [7, 11) is 1.54. The van der Waals surface area contributed by atoms with Crippen molar-refractivity contribution in [1.82, 2.24) is 20.6 Å². The molecular formula is C11H9ClN6O. The van der Waals surface area contributed by atoms with Crippen LogP contribution in [-0.2, 0) is 0 Å². The van der Waals surface area contributed by atoms with Gasteiger partial charge >= 0.3 is 0 Å². The van der Waals surface area contributed by atoms with Crippen molar-refractivity contribution >= 4 is 22.9 Å². The van der Waals surface area contributed by atoms with Gasteiger partial charge in [0.2, 0.25) is 5.82 Å². The molecule has 1 aromatic heterocycles. The molecule has 0 atom stereocenters. The molecule has 0 amide bonds. The number of anilines is 1. The largest absolute Gasteiger partial charge is 0.495 e. The third-order valence-corrected chi connectivity index (χ3v) is 2.48. The van der Waals surface area contributed by atoms with Crippen molar-refractivity contribution in [3.8, 4) is 11.8 Å². The summed E-state index contributed by atoms with van der Waals surface area (Å²) in [5.41, 5.74) is 0.863. The number of H-pyrrole nitrogens is 1. The average molecular weight is 277 g/mol. The first-order valence-corrected chi connectivity index (χ1v) is 5.56. The lowest BCUT2D eigenvalue weighted by atomic mass is 10.2. The number of nitrogens with one attached hydrogen (secondary N) is 2. The zero-order valence-corrected chi connectivity index (χ0v) is 10.6. The molecular weight excluding hydrogens is 268 g/mol. The van der Waals surface area contributed by atoms with Gasteiger partial charge in [0.05, 0.1) is 12.8 Å². The number of methoxy groups -OCH3 is 1. The fraction of sp³-hybridized carbons (Fsp3) is 0.0909. The highest BCUT2D eigenvalue weighted by Crippen LogP contribution is 2.28. The highest BCUT2D eigenvalue weighted by Gasteiger charge is 2.07. The van der Waals surface area contributed by atoms with Crippen LogP contribution in [0.15, 0.2) is 24.4 Å². The molecule has 0 radical (unpaired) electrons. The number of nitriles is 1. The van der Waals surface area contributed by atoms with Crippen LogP contribution in [0.3, 0.4) is 0 Å². The molecule has 2 rings (SSSR count). The number of aromatic amines is 1. The van der Waals surface area contributed by atoms with Gasteiger partial charge in [-0.3, -0.25) is 0 Å². The lowest BCUT2D eigenvalue weighted by molar-refractivity contribution is 0.417. The number of rotatable bonds is 4. The van der Waals surface area contributed by atoms with Crippen molar-refractivity contribution in [2.75, 3.05) is 12.4 Å². The van der Waals surface area contributed by atoms with E-state index in [9.17, 15) is 0 Å². The van der Waals surface area contributed by atoms with Crippen molar-refractivity contribution in [1.29, 1.82) is 5.26 Å². The zero-order valence-electron chi connectivity index (χ0n) is 9.88. The van der Waals surface area contributed by atoms with Crippen LogP contribution in [-0.4, -0.2) is 27.7 Å². The predicted molar refractivity (Wildman–Crippen MR) is 69.4 cm³/mol. The Kier molecular flexibility index (Phi) is 3.95. The molecule has 0 aliphatic rings. The van der Waals surface area contributed by atoms with E-state index in [0.29, 0.717) is 16.5 Å². The number of allylic oxidation sites excluding steroid dienone is 1. The number of aromatic nitrogens is 4. The van der Waals surface area contributed by atoms with E-state index in [2.05, 4.69) is 25.9 Å². The van der Waals surface area contributed by atoms with Gasteiger partial charge in [-0.15, -0.1) is 10.2 Å². The van der Waals surface area contributed by atoms with Gasteiger partial charge in [0.1, 0.15) is 17.4 Å². The Labute approximate surface area is 113 Å². The van der Waals surface area contributed by atoms with E-state index >= 15 is 0 Å². The van der Waals surface area contributed by atoms with E-state index in [1.165, 1.54) is 6.20 Å². The first-order valence-electron chi connectivity index (χ1n) is 5.18. The topological polar surface area (TPSA) is 99.5 Å². The average Bonchev–Trinajstić information content (AvgIpc) is 2.94. The van der Waals surface area contributed by atoms with Crippen LogP contribution in [0, 0.1) is 11.3 Å². The summed E-state index contributed by atoms with van der Waals surface area (Å²) in [5.74, 6) is 0.807. The van der Waals surface area contributed by atoms with Crippen molar-refractivity contribution in [3.05, 3.63) is 35.2 Å². The summed E-state index contributed by atoms with van der Waals surface area (Å²) in [5, 5.41) is 25.6. The molecule has 8 heteroatoms. The van der Waals surface area contributed by atoms with Gasteiger partial charge in [-0.25, -0.2) is 0 Å². The van der Waals surface area contributed by atoms with Crippen molar-refractivity contribution in [3.63, 3.8) is 0 Å². The SMILES string of the molecule is COc1ccc(Cl)cc1NC=C(C#N)c1nn[nH]n1. The molecule has 2 N–H and O–H groups in total. The van der Waals surface area contributed by atoms with Crippen LogP contribution in [0.2, 0.25) is 5.02 Å². The van der Waals surface area contributed by atoms with Crippen molar-refractivity contribution in [2.45, 2.75) is 0 Å². The Balaban J connectivity index is 2.26. The number of hydrogen-bond acceptors (Lipinski definition) is 6. The van der Waals surface area contributed by atoms with Crippen molar-refractivity contribution in [2.24, 2.45) is 0 Å². The standard InChI is InChI=1S/C11H9ClN6O/c1-19-10-3-2-8(12)4-9(10)14-6-7(5-13)11-15-17-18-16-11/h2-4,6,14H,1H3,(H,15,16,17,18). The van der Waals surface area contributed by atoms with Gasteiger partial charge < -0.3 is 10.1 Å². The number of tetrazole rings is 1. The molecule has 0 spiro atoms. The van der Waals surface area contributed by atoms with Crippen LogP contribution in [0.5, 0.6) is 5.75 Å². The van der Waals surface area contributed by atoms with E-state index in [1.807, 2.05) is 6.07 Å². The zero-order chi connectivity index (χ0) is 13.7. The molecule has 0 unspecified atom stereocenters. The van der Waals surface area contributed by atoms with Crippen LogP contribution in [0.4, 0.5) is 5.69 Å². The Morgan fingerprint density at radius 2 is 2.42 bits per heavy atom. The van der Waals surface area contributed by atoms with Gasteiger partial charge in [0, 0.05) is 11.2 Å². The quantitative estimate of drug-likeness (QED) is 0.827. The lowest BCUT2D eigenvalue weighted by Crippen LogP contribution is -1.95. The molecule has 1 aromatic carbocycles. The molecule has 0 aliphatic heterocycles. The normalized spacial score (nSPS) is 10.9. The third-order valence-electron chi connectivity index (χ3n) is 2.24. The molecule has 2 aromatic rings. The van der Waals surface area contributed by atoms with Gasteiger partial charge in [-0.05, 0) is 23.4 Å². The van der Waals surface area contributed by atoms with Gasteiger partial charge in [-0.1, -0.05) is 11.6 Å². The fourth-order valence-electron chi connectivity index (χ4n) is 1.37. The number of halogens is 1. The smallest absolute Gasteiger partial charge is 0.216 e.